The molecule has 1 N–H and O–H groups in total. The number of ether oxygens (including phenoxy) is 1. The van der Waals surface area contributed by atoms with Gasteiger partial charge in [-0.1, -0.05) is 36.4 Å². The number of ketones is 1. The van der Waals surface area contributed by atoms with Crippen LogP contribution in [-0.4, -0.2) is 29.9 Å². The summed E-state index contributed by atoms with van der Waals surface area (Å²) in [5.74, 6) is 0.318. The summed E-state index contributed by atoms with van der Waals surface area (Å²) in [4.78, 5) is 27.1. The molecule has 2 heterocycles. The van der Waals surface area contributed by atoms with Crippen LogP contribution in [0.1, 0.15) is 17.7 Å². The fraction of sp³-hybridized carbons (Fsp3) is 0.167. The predicted octanol–water partition coefficient (Wildman–Crippen LogP) is 3.57. The highest BCUT2D eigenvalue weighted by Crippen LogP contribution is 2.42. The van der Waals surface area contributed by atoms with Crippen LogP contribution in [0.25, 0.3) is 6.08 Å². The molecule has 3 aromatic rings. The van der Waals surface area contributed by atoms with Crippen molar-refractivity contribution in [2.75, 3.05) is 18.1 Å². The summed E-state index contributed by atoms with van der Waals surface area (Å²) in [5, 5.41) is 11.2. The number of anilines is 1. The number of para-hydroxylation sites is 2. The number of furan rings is 1. The van der Waals surface area contributed by atoms with Crippen molar-refractivity contribution >= 4 is 23.5 Å². The molecule has 0 aliphatic carbocycles. The maximum Gasteiger partial charge on any atom is 0.264 e. The van der Waals surface area contributed by atoms with Crippen molar-refractivity contribution < 1.29 is 23.8 Å². The molecule has 0 radical (unpaired) electrons. The number of allylic oxidation sites excluding steroid dienone is 1. The van der Waals surface area contributed by atoms with Gasteiger partial charge in [0.05, 0.1) is 24.9 Å². The number of carbonyl (C=O) groups excluding carboxylic acids is 2. The van der Waals surface area contributed by atoms with Crippen molar-refractivity contribution in [3.05, 3.63) is 90.4 Å². The fourth-order valence-corrected chi connectivity index (χ4v) is 3.54. The summed E-state index contributed by atoms with van der Waals surface area (Å²) < 4.78 is 10.9. The second-order valence-electron chi connectivity index (χ2n) is 6.99. The predicted molar refractivity (Wildman–Crippen MR) is 112 cm³/mol. The number of carbonyl (C=O) groups is 2. The molecule has 1 amide bonds. The van der Waals surface area contributed by atoms with Crippen LogP contribution in [0.3, 0.4) is 0 Å². The molecule has 0 saturated heterocycles. The standard InChI is InChI=1S/C24H21NO5/c26-18(12-13-20-9-6-15-29-20)17-24(28)21-10-4-5-11-22(21)25(23(24)27)14-16-30-19-7-2-1-3-8-19/h1-13,15,28H,14,16-17H2/b13-12+. The lowest BCUT2D eigenvalue weighted by Gasteiger charge is -2.22. The highest BCUT2D eigenvalue weighted by atomic mass is 16.5. The number of hydrogen-bond acceptors (Lipinski definition) is 5. The SMILES string of the molecule is O=C(/C=C/c1ccco1)CC1(O)C(=O)N(CCOc2ccccc2)c2ccccc21. The van der Waals surface area contributed by atoms with Gasteiger partial charge in [0.15, 0.2) is 11.4 Å². The van der Waals surface area contributed by atoms with Crippen molar-refractivity contribution in [3.8, 4) is 5.75 Å². The Hall–Kier alpha value is -3.64. The minimum Gasteiger partial charge on any atom is -0.492 e. The monoisotopic (exact) mass is 403 g/mol. The van der Waals surface area contributed by atoms with E-state index >= 15 is 0 Å². The van der Waals surface area contributed by atoms with E-state index in [-0.39, 0.29) is 25.4 Å². The van der Waals surface area contributed by atoms with E-state index in [0.717, 1.165) is 0 Å². The van der Waals surface area contributed by atoms with Gasteiger partial charge in [-0.25, -0.2) is 0 Å². The number of hydrogen-bond donors (Lipinski definition) is 1. The van der Waals surface area contributed by atoms with E-state index in [9.17, 15) is 14.7 Å². The molecular weight excluding hydrogens is 382 g/mol. The Kier molecular flexibility index (Phi) is 5.50. The van der Waals surface area contributed by atoms with E-state index in [1.165, 1.54) is 23.3 Å². The Balaban J connectivity index is 1.49. The zero-order valence-corrected chi connectivity index (χ0v) is 16.2. The highest BCUT2D eigenvalue weighted by Gasteiger charge is 2.50. The van der Waals surface area contributed by atoms with E-state index in [1.807, 2.05) is 30.3 Å². The van der Waals surface area contributed by atoms with Crippen molar-refractivity contribution in [2.45, 2.75) is 12.0 Å². The van der Waals surface area contributed by atoms with Crippen molar-refractivity contribution in [2.24, 2.45) is 0 Å². The molecule has 152 valence electrons. The van der Waals surface area contributed by atoms with Crippen LogP contribution >= 0.6 is 0 Å². The third kappa shape index (κ3) is 3.90. The lowest BCUT2D eigenvalue weighted by molar-refractivity contribution is -0.140. The molecule has 1 atom stereocenters. The largest absolute Gasteiger partial charge is 0.492 e. The molecule has 0 fully saturated rings. The molecule has 0 saturated carbocycles. The van der Waals surface area contributed by atoms with Gasteiger partial charge in [-0.2, -0.15) is 0 Å². The summed E-state index contributed by atoms with van der Waals surface area (Å²) in [6.07, 6.45) is 3.98. The Morgan fingerprint density at radius 2 is 1.83 bits per heavy atom. The molecule has 0 bridgehead atoms. The van der Waals surface area contributed by atoms with Crippen molar-refractivity contribution in [1.82, 2.24) is 0 Å². The summed E-state index contributed by atoms with van der Waals surface area (Å²) in [7, 11) is 0. The Bertz CT molecular complexity index is 1060. The van der Waals surface area contributed by atoms with Gasteiger partial charge < -0.3 is 19.2 Å². The van der Waals surface area contributed by atoms with Gasteiger partial charge in [-0.15, -0.1) is 0 Å². The van der Waals surface area contributed by atoms with Gasteiger partial charge in [0, 0.05) is 5.56 Å². The third-order valence-electron chi connectivity index (χ3n) is 4.97. The van der Waals surface area contributed by atoms with Crippen LogP contribution < -0.4 is 9.64 Å². The summed E-state index contributed by atoms with van der Waals surface area (Å²) >= 11 is 0. The first kappa shape index (κ1) is 19.7. The normalized spacial score (nSPS) is 18.0. The average molecular weight is 403 g/mol. The van der Waals surface area contributed by atoms with Crippen LogP contribution in [0.15, 0.2) is 83.5 Å². The number of amides is 1. The van der Waals surface area contributed by atoms with Crippen LogP contribution in [0, 0.1) is 0 Å². The fourth-order valence-electron chi connectivity index (χ4n) is 3.54. The van der Waals surface area contributed by atoms with E-state index in [4.69, 9.17) is 9.15 Å². The average Bonchev–Trinajstić information content (AvgIpc) is 3.35. The molecule has 4 rings (SSSR count). The first-order valence-electron chi connectivity index (χ1n) is 9.64. The zero-order chi connectivity index (χ0) is 21.0. The first-order chi connectivity index (χ1) is 14.6. The lowest BCUT2D eigenvalue weighted by Crippen LogP contribution is -2.43. The number of aliphatic hydroxyl groups is 1. The molecule has 6 nitrogen and oxygen atoms in total. The Morgan fingerprint density at radius 3 is 2.60 bits per heavy atom. The third-order valence-corrected chi connectivity index (χ3v) is 4.97. The van der Waals surface area contributed by atoms with Crippen molar-refractivity contribution in [1.29, 1.82) is 0 Å². The van der Waals surface area contributed by atoms with E-state index < -0.39 is 11.5 Å². The summed E-state index contributed by atoms with van der Waals surface area (Å²) in [6.45, 7) is 0.510. The first-order valence-corrected chi connectivity index (χ1v) is 9.64. The van der Waals surface area contributed by atoms with Gasteiger partial charge in [0.1, 0.15) is 18.1 Å². The van der Waals surface area contributed by atoms with Gasteiger partial charge in [-0.3, -0.25) is 9.59 Å². The minimum absolute atomic E-state index is 0.253. The van der Waals surface area contributed by atoms with Crippen LogP contribution in [0.5, 0.6) is 5.75 Å². The van der Waals surface area contributed by atoms with Gasteiger partial charge in [-0.05, 0) is 42.5 Å². The van der Waals surface area contributed by atoms with Crippen LogP contribution in [-0.2, 0) is 15.2 Å². The smallest absolute Gasteiger partial charge is 0.264 e. The van der Waals surface area contributed by atoms with Crippen molar-refractivity contribution in [3.63, 3.8) is 0 Å². The van der Waals surface area contributed by atoms with Crippen LogP contribution in [0.4, 0.5) is 5.69 Å². The van der Waals surface area contributed by atoms with E-state index in [0.29, 0.717) is 22.8 Å². The molecular formula is C24H21NO5. The van der Waals surface area contributed by atoms with Gasteiger partial charge in [0.25, 0.3) is 5.91 Å². The highest BCUT2D eigenvalue weighted by molar-refractivity contribution is 6.10. The minimum atomic E-state index is -1.91. The number of benzene rings is 2. The second kappa shape index (κ2) is 8.39. The number of nitrogens with zero attached hydrogens (tertiary/aromatic N) is 1. The number of fused-ring (bicyclic) bond motifs is 1. The van der Waals surface area contributed by atoms with Gasteiger partial charge >= 0.3 is 0 Å². The van der Waals surface area contributed by atoms with E-state index in [2.05, 4.69) is 0 Å². The molecule has 6 heteroatoms. The Labute approximate surface area is 174 Å². The molecule has 1 unspecified atom stereocenters. The van der Waals surface area contributed by atoms with E-state index in [1.54, 1.807) is 36.4 Å². The molecule has 30 heavy (non-hydrogen) atoms. The number of rotatable bonds is 8. The summed E-state index contributed by atoms with van der Waals surface area (Å²) in [6, 6.07) is 19.7. The topological polar surface area (TPSA) is 80.0 Å². The Morgan fingerprint density at radius 1 is 1.07 bits per heavy atom. The molecule has 1 aliphatic rings. The maximum absolute atomic E-state index is 13.1. The zero-order valence-electron chi connectivity index (χ0n) is 16.2. The molecule has 0 spiro atoms. The quantitative estimate of drug-likeness (QED) is 0.582. The second-order valence-corrected chi connectivity index (χ2v) is 6.99. The van der Waals surface area contributed by atoms with Gasteiger partial charge in [0.2, 0.25) is 0 Å². The molecule has 1 aromatic heterocycles. The van der Waals surface area contributed by atoms with Crippen LogP contribution in [0.2, 0.25) is 0 Å². The summed E-state index contributed by atoms with van der Waals surface area (Å²) in [5.41, 5.74) is -0.896. The molecule has 2 aromatic carbocycles. The maximum atomic E-state index is 13.1. The molecule has 1 aliphatic heterocycles. The lowest BCUT2D eigenvalue weighted by atomic mass is 9.90.